The topological polar surface area (TPSA) is 135 Å². The molecule has 1 heterocycles. The molecule has 3 aromatic carbocycles. The van der Waals surface area contributed by atoms with E-state index in [-0.39, 0.29) is 30.6 Å². The number of anilines is 2. The number of guanidine groups is 1. The fourth-order valence-electron chi connectivity index (χ4n) is 4.84. The van der Waals surface area contributed by atoms with Crippen molar-refractivity contribution in [3.05, 3.63) is 70.8 Å². The van der Waals surface area contributed by atoms with E-state index in [4.69, 9.17) is 26.4 Å². The van der Waals surface area contributed by atoms with Crippen LogP contribution in [-0.2, 0) is 11.2 Å². The Hall–Kier alpha value is -3.56. The highest BCUT2D eigenvalue weighted by Gasteiger charge is 2.34. The van der Waals surface area contributed by atoms with Crippen LogP contribution >= 0.6 is 24.2 Å². The van der Waals surface area contributed by atoms with Crippen LogP contribution in [-0.4, -0.2) is 34.9 Å². The summed E-state index contributed by atoms with van der Waals surface area (Å²) < 4.78 is 12.0. The Morgan fingerprint density at radius 2 is 1.80 bits per heavy atom. The summed E-state index contributed by atoms with van der Waals surface area (Å²) in [6, 6.07) is 14.9. The zero-order valence-corrected chi connectivity index (χ0v) is 24.9. The molecular weight excluding hydrogens is 548 g/mol. The van der Waals surface area contributed by atoms with Gasteiger partial charge >= 0.3 is 0 Å². The molecular formula is C30H37ClN4O4S. The van der Waals surface area contributed by atoms with Crippen molar-refractivity contribution in [3.63, 3.8) is 0 Å². The van der Waals surface area contributed by atoms with E-state index in [2.05, 4.69) is 6.92 Å². The quantitative estimate of drug-likeness (QED) is 0.140. The van der Waals surface area contributed by atoms with E-state index < -0.39 is 5.91 Å². The number of halogens is 1. The first-order valence-electron chi connectivity index (χ1n) is 12.9. The first-order valence-corrected chi connectivity index (χ1v) is 13.9. The molecule has 8 nitrogen and oxygen atoms in total. The Balaban J connectivity index is 0.00000441. The molecule has 10 heteroatoms. The lowest BCUT2D eigenvalue weighted by atomic mass is 9.86. The van der Waals surface area contributed by atoms with Crippen LogP contribution in [0.15, 0.2) is 53.4 Å². The summed E-state index contributed by atoms with van der Waals surface area (Å²) in [5.74, 6) is 1.95. The average Bonchev–Trinajstić information content (AvgIpc) is 2.90. The number of thioether (sulfide) groups is 1. The highest BCUT2D eigenvalue weighted by Crippen LogP contribution is 2.44. The minimum atomic E-state index is -0.564. The van der Waals surface area contributed by atoms with Crippen LogP contribution < -0.4 is 25.8 Å². The van der Waals surface area contributed by atoms with Crippen LogP contribution in [0.3, 0.4) is 0 Å². The van der Waals surface area contributed by atoms with Gasteiger partial charge in [0.2, 0.25) is 0 Å². The number of phenolic OH excluding ortho intramolecular Hbond substituents is 1. The number of amides is 1. The third kappa shape index (κ3) is 6.77. The number of hydrogen-bond acceptors (Lipinski definition) is 6. The van der Waals surface area contributed by atoms with E-state index in [0.29, 0.717) is 17.2 Å². The fourth-order valence-corrected chi connectivity index (χ4v) is 5.94. The maximum absolute atomic E-state index is 11.0. The lowest BCUT2D eigenvalue weighted by Crippen LogP contribution is -2.37. The fraction of sp³-hybridized carbons (Fsp3) is 0.333. The second-order valence-electron chi connectivity index (χ2n) is 10.1. The number of nitrogens with two attached hydrogens (primary N) is 2. The van der Waals surface area contributed by atoms with Crippen molar-refractivity contribution in [1.82, 2.24) is 0 Å². The monoisotopic (exact) mass is 584 g/mol. The Kier molecular flexibility index (Phi) is 9.87. The predicted molar refractivity (Wildman–Crippen MR) is 164 cm³/mol. The zero-order chi connectivity index (χ0) is 28.3. The molecule has 0 bridgehead atoms. The third-order valence-corrected chi connectivity index (χ3v) is 8.30. The number of phenols is 1. The number of carbonyl (C=O) groups excluding carboxylic acids is 1. The van der Waals surface area contributed by atoms with Gasteiger partial charge < -0.3 is 26.0 Å². The Labute approximate surface area is 246 Å². The van der Waals surface area contributed by atoms with Crippen LogP contribution in [0.4, 0.5) is 11.4 Å². The molecule has 3 aromatic rings. The molecule has 0 spiro atoms. The number of carbonyl (C=O) groups is 1. The van der Waals surface area contributed by atoms with Gasteiger partial charge in [0.05, 0.1) is 5.69 Å². The van der Waals surface area contributed by atoms with Crippen LogP contribution in [0.2, 0.25) is 0 Å². The Morgan fingerprint density at radius 1 is 1.10 bits per heavy atom. The number of nitrogens with one attached hydrogen (secondary N) is 1. The van der Waals surface area contributed by atoms with E-state index >= 15 is 0 Å². The molecule has 1 unspecified atom stereocenters. The van der Waals surface area contributed by atoms with Crippen LogP contribution in [0.25, 0.3) is 0 Å². The third-order valence-electron chi connectivity index (χ3n) is 7.28. The van der Waals surface area contributed by atoms with Gasteiger partial charge in [0.25, 0.3) is 5.91 Å². The summed E-state index contributed by atoms with van der Waals surface area (Å²) in [5.41, 5.74) is 16.1. The molecule has 0 radical (unpaired) electrons. The second-order valence-corrected chi connectivity index (χ2v) is 11.3. The molecule has 0 aliphatic carbocycles. The largest absolute Gasteiger partial charge is 0.507 e. The number of aromatic hydroxyl groups is 1. The van der Waals surface area contributed by atoms with Crippen LogP contribution in [0.1, 0.15) is 42.0 Å². The summed E-state index contributed by atoms with van der Waals surface area (Å²) in [4.78, 5) is 13.8. The number of nitrogens with zero attached hydrogens (tertiary/aromatic N) is 1. The Morgan fingerprint density at radius 3 is 2.45 bits per heavy atom. The van der Waals surface area contributed by atoms with E-state index in [9.17, 15) is 9.90 Å². The van der Waals surface area contributed by atoms with Gasteiger partial charge in [-0.05, 0) is 100 Å². The molecule has 0 saturated heterocycles. The van der Waals surface area contributed by atoms with Crippen molar-refractivity contribution in [1.29, 1.82) is 5.41 Å². The zero-order valence-electron chi connectivity index (χ0n) is 23.2. The highest BCUT2D eigenvalue weighted by molar-refractivity contribution is 7.99. The molecule has 1 amide bonds. The number of primary amides is 1. The average molecular weight is 585 g/mol. The summed E-state index contributed by atoms with van der Waals surface area (Å²) in [7, 11) is 0. The van der Waals surface area contributed by atoms with Crippen molar-refractivity contribution < 1.29 is 19.4 Å². The van der Waals surface area contributed by atoms with Gasteiger partial charge in [-0.25, -0.2) is 0 Å². The van der Waals surface area contributed by atoms with E-state index in [1.807, 2.05) is 51.1 Å². The first-order chi connectivity index (χ1) is 18.5. The SMILES string of the molecule is Cc1c(C)c2c(c(C)c1O)CCC(C)(CCSc1ccc(N(C(=N)N)c3cccc(OCC(N)=O)c3)cc1)O2.Cl. The normalized spacial score (nSPS) is 15.8. The number of hydrogen-bond donors (Lipinski definition) is 4. The number of ether oxygens (including phenoxy) is 2. The van der Waals surface area contributed by atoms with Gasteiger partial charge in [-0.15, -0.1) is 24.2 Å². The van der Waals surface area contributed by atoms with E-state index in [1.54, 1.807) is 34.9 Å². The van der Waals surface area contributed by atoms with Gasteiger partial charge in [-0.1, -0.05) is 6.07 Å². The molecule has 40 heavy (non-hydrogen) atoms. The maximum Gasteiger partial charge on any atom is 0.255 e. The summed E-state index contributed by atoms with van der Waals surface area (Å²) in [6.07, 6.45) is 2.67. The van der Waals surface area contributed by atoms with Crippen molar-refractivity contribution in [3.8, 4) is 17.2 Å². The van der Waals surface area contributed by atoms with Crippen molar-refractivity contribution >= 4 is 47.4 Å². The minimum Gasteiger partial charge on any atom is -0.507 e. The molecule has 6 N–H and O–H groups in total. The van der Waals surface area contributed by atoms with Crippen molar-refractivity contribution in [2.75, 3.05) is 17.3 Å². The number of rotatable bonds is 9. The van der Waals surface area contributed by atoms with Crippen molar-refractivity contribution in [2.24, 2.45) is 11.5 Å². The highest BCUT2D eigenvalue weighted by atomic mass is 35.5. The molecule has 1 aliphatic heterocycles. The molecule has 4 rings (SSSR count). The maximum atomic E-state index is 11.0. The van der Waals surface area contributed by atoms with Gasteiger partial charge in [0.15, 0.2) is 12.6 Å². The summed E-state index contributed by atoms with van der Waals surface area (Å²) in [6.45, 7) is 7.86. The molecule has 214 valence electrons. The summed E-state index contributed by atoms with van der Waals surface area (Å²) in [5, 5.41) is 18.6. The lowest BCUT2D eigenvalue weighted by Gasteiger charge is -2.38. The van der Waals surface area contributed by atoms with Gasteiger partial charge in [0.1, 0.15) is 22.8 Å². The second kappa shape index (κ2) is 12.7. The molecule has 0 aromatic heterocycles. The van der Waals surface area contributed by atoms with Gasteiger partial charge in [-0.3, -0.25) is 15.1 Å². The number of benzene rings is 3. The Bertz CT molecular complexity index is 1400. The molecule has 1 atom stereocenters. The van der Waals surface area contributed by atoms with E-state index in [0.717, 1.165) is 63.6 Å². The van der Waals surface area contributed by atoms with Gasteiger partial charge in [0, 0.05) is 28.0 Å². The standard InChI is InChI=1S/C30H36N4O4S.ClH/c1-18-19(2)28-25(20(3)27(18)36)12-13-30(4,38-28)14-15-39-24-10-8-21(9-11-24)34(29(32)33)22-6-5-7-23(16-22)37-17-26(31)35;/h5-11,16,36H,12-15,17H2,1-4H3,(H2,31,35)(H3,32,33);1H. The minimum absolute atomic E-state index is 0. The summed E-state index contributed by atoms with van der Waals surface area (Å²) >= 11 is 1.76. The lowest BCUT2D eigenvalue weighted by molar-refractivity contribution is -0.119. The molecule has 0 fully saturated rings. The smallest absolute Gasteiger partial charge is 0.255 e. The van der Waals surface area contributed by atoms with Crippen molar-refractivity contribution in [2.45, 2.75) is 57.5 Å². The predicted octanol–water partition coefficient (Wildman–Crippen LogP) is 5.90. The molecule has 1 aliphatic rings. The van der Waals surface area contributed by atoms with Crippen LogP contribution in [0.5, 0.6) is 17.2 Å². The van der Waals surface area contributed by atoms with E-state index in [1.165, 1.54) is 0 Å². The molecule has 0 saturated carbocycles. The van der Waals surface area contributed by atoms with Gasteiger partial charge in [-0.2, -0.15) is 0 Å². The number of fused-ring (bicyclic) bond motifs is 1. The first kappa shape index (κ1) is 31.0. The van der Waals surface area contributed by atoms with Crippen LogP contribution in [0, 0.1) is 26.2 Å².